The Bertz CT molecular complexity index is 512. The largest absolute Gasteiger partial charge is 0.467 e. The smallest absolute Gasteiger partial charge is 0.338 e. The van der Waals surface area contributed by atoms with Crippen molar-refractivity contribution in [1.29, 1.82) is 0 Å². The van der Waals surface area contributed by atoms with Gasteiger partial charge in [-0.2, -0.15) is 0 Å². The van der Waals surface area contributed by atoms with Crippen LogP contribution in [0.3, 0.4) is 0 Å². The van der Waals surface area contributed by atoms with Gasteiger partial charge in [-0.1, -0.05) is 24.3 Å². The zero-order chi connectivity index (χ0) is 14.7. The highest BCUT2D eigenvalue weighted by Gasteiger charge is 2.35. The second-order valence-corrected chi connectivity index (χ2v) is 4.58. The Morgan fingerprint density at radius 3 is 2.55 bits per heavy atom. The van der Waals surface area contributed by atoms with E-state index in [2.05, 4.69) is 4.74 Å². The molecule has 0 fully saturated rings. The first-order valence-corrected chi connectivity index (χ1v) is 6.27. The molecule has 3 unspecified atom stereocenters. The summed E-state index contributed by atoms with van der Waals surface area (Å²) in [7, 11) is 1.05. The van der Waals surface area contributed by atoms with Crippen molar-refractivity contribution in [1.82, 2.24) is 0 Å². The number of aliphatic hydroxyl groups is 2. The molecule has 2 N–H and O–H groups in total. The van der Waals surface area contributed by atoms with E-state index in [1.807, 2.05) is 24.3 Å². The van der Waals surface area contributed by atoms with Gasteiger partial charge in [0, 0.05) is 0 Å². The van der Waals surface area contributed by atoms with Crippen LogP contribution in [0.5, 0.6) is 0 Å². The lowest BCUT2D eigenvalue weighted by atomic mass is 10.1. The van der Waals surface area contributed by atoms with Crippen LogP contribution in [0.4, 0.5) is 0 Å². The number of hydrogen-bond acceptors (Lipinski definition) is 6. The average molecular weight is 280 g/mol. The number of carbonyl (C=O) groups excluding carboxylic acids is 2. The maximum absolute atomic E-state index is 11.7. The Kier molecular flexibility index (Phi) is 4.36. The van der Waals surface area contributed by atoms with Gasteiger partial charge in [-0.15, -0.1) is 0 Å². The first-order chi connectivity index (χ1) is 9.54. The number of esters is 2. The van der Waals surface area contributed by atoms with Crippen molar-refractivity contribution in [2.24, 2.45) is 0 Å². The normalized spacial score (nSPS) is 19.9. The van der Waals surface area contributed by atoms with Gasteiger partial charge in [0.1, 0.15) is 6.10 Å². The Hall–Kier alpha value is -1.92. The van der Waals surface area contributed by atoms with Gasteiger partial charge in [0.25, 0.3) is 0 Å². The minimum atomic E-state index is -1.95. The summed E-state index contributed by atoms with van der Waals surface area (Å²) >= 11 is 0. The summed E-state index contributed by atoms with van der Waals surface area (Å²) < 4.78 is 9.41. The number of aryl methyl sites for hydroxylation is 1. The van der Waals surface area contributed by atoms with Crippen molar-refractivity contribution < 1.29 is 29.3 Å². The number of rotatable bonds is 4. The van der Waals surface area contributed by atoms with Crippen molar-refractivity contribution in [3.63, 3.8) is 0 Å². The molecule has 108 valence electrons. The predicted octanol–water partition coefficient (Wildman–Crippen LogP) is 0.112. The SMILES string of the molecule is COC(=O)C(O)C(O)C(=O)OC1CCc2ccccc21. The molecule has 1 aromatic carbocycles. The van der Waals surface area contributed by atoms with Gasteiger partial charge in [-0.3, -0.25) is 0 Å². The van der Waals surface area contributed by atoms with E-state index in [0.29, 0.717) is 6.42 Å². The Labute approximate surface area is 115 Å². The van der Waals surface area contributed by atoms with Crippen LogP contribution < -0.4 is 0 Å². The molecule has 2 rings (SSSR count). The molecule has 0 saturated carbocycles. The number of ether oxygens (including phenoxy) is 2. The first kappa shape index (κ1) is 14.5. The highest BCUT2D eigenvalue weighted by Crippen LogP contribution is 2.33. The van der Waals surface area contributed by atoms with E-state index in [9.17, 15) is 19.8 Å². The fraction of sp³-hybridized carbons (Fsp3) is 0.429. The lowest BCUT2D eigenvalue weighted by Crippen LogP contribution is -2.41. The first-order valence-electron chi connectivity index (χ1n) is 6.27. The van der Waals surface area contributed by atoms with E-state index < -0.39 is 30.3 Å². The number of hydrogen-bond donors (Lipinski definition) is 2. The van der Waals surface area contributed by atoms with Crippen LogP contribution in [-0.4, -0.2) is 41.5 Å². The average Bonchev–Trinajstić information content (AvgIpc) is 2.88. The maximum Gasteiger partial charge on any atom is 0.338 e. The minimum Gasteiger partial charge on any atom is -0.467 e. The molecule has 6 nitrogen and oxygen atoms in total. The quantitative estimate of drug-likeness (QED) is 0.761. The van der Waals surface area contributed by atoms with E-state index in [1.165, 1.54) is 0 Å². The molecule has 0 saturated heterocycles. The van der Waals surface area contributed by atoms with Crippen LogP contribution in [0.2, 0.25) is 0 Å². The summed E-state index contributed by atoms with van der Waals surface area (Å²) in [5.41, 5.74) is 1.98. The van der Waals surface area contributed by atoms with Crippen LogP contribution >= 0.6 is 0 Å². The van der Waals surface area contributed by atoms with E-state index in [1.54, 1.807) is 0 Å². The lowest BCUT2D eigenvalue weighted by molar-refractivity contribution is -0.175. The molecule has 0 aliphatic heterocycles. The summed E-state index contributed by atoms with van der Waals surface area (Å²) in [6.45, 7) is 0. The minimum absolute atomic E-state index is 0.460. The van der Waals surface area contributed by atoms with Gasteiger partial charge < -0.3 is 19.7 Å². The highest BCUT2D eigenvalue weighted by molar-refractivity contribution is 5.85. The van der Waals surface area contributed by atoms with Gasteiger partial charge >= 0.3 is 11.9 Å². The van der Waals surface area contributed by atoms with Gasteiger partial charge in [0.2, 0.25) is 0 Å². The van der Waals surface area contributed by atoms with E-state index >= 15 is 0 Å². The molecule has 0 heterocycles. The molecule has 1 aliphatic rings. The third-order valence-corrected chi connectivity index (χ3v) is 3.32. The zero-order valence-corrected chi connectivity index (χ0v) is 11.0. The van der Waals surface area contributed by atoms with Crippen LogP contribution in [0.15, 0.2) is 24.3 Å². The number of benzene rings is 1. The molecule has 0 aromatic heterocycles. The molecule has 0 radical (unpaired) electrons. The second-order valence-electron chi connectivity index (χ2n) is 4.58. The molecular weight excluding hydrogens is 264 g/mol. The molecule has 3 atom stereocenters. The molecule has 1 aliphatic carbocycles. The van der Waals surface area contributed by atoms with Crippen molar-refractivity contribution >= 4 is 11.9 Å². The molecular formula is C14H16O6. The van der Waals surface area contributed by atoms with Gasteiger partial charge in [-0.05, 0) is 24.0 Å². The summed E-state index contributed by atoms with van der Waals surface area (Å²) in [6, 6.07) is 7.54. The van der Waals surface area contributed by atoms with Crippen LogP contribution in [0, 0.1) is 0 Å². The van der Waals surface area contributed by atoms with Gasteiger partial charge in [0.15, 0.2) is 12.2 Å². The van der Waals surface area contributed by atoms with E-state index in [4.69, 9.17) is 4.74 Å². The second kappa shape index (κ2) is 6.02. The van der Waals surface area contributed by atoms with Crippen LogP contribution in [-0.2, 0) is 25.5 Å². The monoisotopic (exact) mass is 280 g/mol. The topological polar surface area (TPSA) is 93.1 Å². The third-order valence-electron chi connectivity index (χ3n) is 3.32. The van der Waals surface area contributed by atoms with Crippen LogP contribution in [0.1, 0.15) is 23.7 Å². The summed E-state index contributed by atoms with van der Waals surface area (Å²) in [6.07, 6.45) is -2.95. The maximum atomic E-state index is 11.7. The van der Waals surface area contributed by atoms with Crippen molar-refractivity contribution in [3.05, 3.63) is 35.4 Å². The summed E-state index contributed by atoms with van der Waals surface area (Å²) in [5, 5.41) is 19.0. The van der Waals surface area contributed by atoms with Crippen molar-refractivity contribution in [2.75, 3.05) is 7.11 Å². The standard InChI is InChI=1S/C14H16O6/c1-19-13(17)11(15)12(16)14(18)20-10-7-6-8-4-2-3-5-9(8)10/h2-5,10-12,15-16H,6-7H2,1H3. The molecule has 0 amide bonds. The number of methoxy groups -OCH3 is 1. The fourth-order valence-electron chi connectivity index (χ4n) is 2.23. The predicted molar refractivity (Wildman–Crippen MR) is 67.6 cm³/mol. The third kappa shape index (κ3) is 2.81. The molecule has 1 aromatic rings. The molecule has 0 bridgehead atoms. The van der Waals surface area contributed by atoms with E-state index in [0.717, 1.165) is 24.7 Å². The van der Waals surface area contributed by atoms with Crippen molar-refractivity contribution in [3.8, 4) is 0 Å². The number of fused-ring (bicyclic) bond motifs is 1. The Morgan fingerprint density at radius 1 is 1.20 bits per heavy atom. The van der Waals surface area contributed by atoms with Crippen molar-refractivity contribution in [2.45, 2.75) is 31.2 Å². The highest BCUT2D eigenvalue weighted by atomic mass is 16.6. The summed E-state index contributed by atoms with van der Waals surface area (Å²) in [4.78, 5) is 22.8. The lowest BCUT2D eigenvalue weighted by Gasteiger charge is -2.18. The molecule has 6 heteroatoms. The zero-order valence-electron chi connectivity index (χ0n) is 11.0. The number of aliphatic hydroxyl groups excluding tert-OH is 2. The van der Waals surface area contributed by atoms with Gasteiger partial charge in [-0.25, -0.2) is 9.59 Å². The van der Waals surface area contributed by atoms with E-state index in [-0.39, 0.29) is 0 Å². The number of carbonyl (C=O) groups is 2. The van der Waals surface area contributed by atoms with Gasteiger partial charge in [0.05, 0.1) is 7.11 Å². The summed E-state index contributed by atoms with van der Waals surface area (Å²) in [5.74, 6) is -2.12. The molecule has 20 heavy (non-hydrogen) atoms. The van der Waals surface area contributed by atoms with Crippen LogP contribution in [0.25, 0.3) is 0 Å². The molecule has 0 spiro atoms. The fourth-order valence-corrected chi connectivity index (χ4v) is 2.23. The Balaban J connectivity index is 2.01. The Morgan fingerprint density at radius 2 is 1.85 bits per heavy atom.